The Labute approximate surface area is 149 Å². The molecule has 0 aromatic heterocycles. The number of hydrogen-bond donors (Lipinski definition) is 2. The number of anilines is 1. The van der Waals surface area contributed by atoms with Crippen molar-refractivity contribution in [1.29, 1.82) is 0 Å². The topological polar surface area (TPSA) is 58.6 Å². The fraction of sp³-hybridized carbons (Fsp3) is 0.381. The van der Waals surface area contributed by atoms with Gasteiger partial charge in [-0.25, -0.2) is 0 Å². The van der Waals surface area contributed by atoms with Crippen molar-refractivity contribution in [3.63, 3.8) is 0 Å². The molecule has 1 amide bonds. The smallest absolute Gasteiger partial charge is 0.265 e. The van der Waals surface area contributed by atoms with Gasteiger partial charge < -0.3 is 15.2 Å². The number of carbonyl (C=O) groups is 1. The van der Waals surface area contributed by atoms with Crippen molar-refractivity contribution in [2.24, 2.45) is 0 Å². The van der Waals surface area contributed by atoms with E-state index in [1.54, 1.807) is 12.1 Å². The number of carbonyl (C=O) groups excluding carboxylic acids is 1. The molecule has 0 spiro atoms. The number of amides is 1. The molecule has 2 aromatic rings. The predicted octanol–water partition coefficient (Wildman–Crippen LogP) is 4.88. The van der Waals surface area contributed by atoms with Gasteiger partial charge in [-0.15, -0.1) is 0 Å². The molecule has 0 saturated heterocycles. The number of phenols is 1. The summed E-state index contributed by atoms with van der Waals surface area (Å²) in [6, 6.07) is 14.3. The van der Waals surface area contributed by atoms with Gasteiger partial charge in [-0.05, 0) is 60.2 Å². The minimum Gasteiger partial charge on any atom is -0.508 e. The van der Waals surface area contributed by atoms with E-state index in [-0.39, 0.29) is 17.1 Å². The maximum Gasteiger partial charge on any atom is 0.265 e. The first-order valence-electron chi connectivity index (χ1n) is 8.72. The molecule has 0 aliphatic heterocycles. The number of rotatable bonds is 7. The Morgan fingerprint density at radius 1 is 1.08 bits per heavy atom. The Kier molecular flexibility index (Phi) is 6.07. The van der Waals surface area contributed by atoms with E-state index in [0.29, 0.717) is 17.9 Å². The van der Waals surface area contributed by atoms with Gasteiger partial charge in [0.1, 0.15) is 11.5 Å². The molecule has 0 radical (unpaired) electrons. The van der Waals surface area contributed by atoms with Crippen LogP contribution in [0.3, 0.4) is 0 Å². The van der Waals surface area contributed by atoms with E-state index in [2.05, 4.69) is 38.2 Å². The van der Waals surface area contributed by atoms with Crippen LogP contribution in [0.25, 0.3) is 0 Å². The standard InChI is InChI=1S/C21H27NO3/c1-5-19(20(24)22-16-9-11-17(23)12-10-16)25-18-13-7-15(8-14-18)21(3,4)6-2/h7-14,19,23H,5-6H2,1-4H3,(H,22,24). The highest BCUT2D eigenvalue weighted by atomic mass is 16.5. The number of ether oxygens (including phenoxy) is 1. The van der Waals surface area contributed by atoms with Gasteiger partial charge in [-0.1, -0.05) is 39.8 Å². The highest BCUT2D eigenvalue weighted by molar-refractivity contribution is 5.94. The molecular weight excluding hydrogens is 314 g/mol. The van der Waals surface area contributed by atoms with Crippen LogP contribution in [0.4, 0.5) is 5.69 Å². The number of nitrogens with one attached hydrogen (secondary N) is 1. The second-order valence-corrected chi connectivity index (χ2v) is 6.81. The average Bonchev–Trinajstić information content (AvgIpc) is 2.62. The van der Waals surface area contributed by atoms with Crippen molar-refractivity contribution in [2.45, 2.75) is 52.1 Å². The fourth-order valence-electron chi connectivity index (χ4n) is 2.44. The molecule has 2 N–H and O–H groups in total. The zero-order valence-corrected chi connectivity index (χ0v) is 15.4. The summed E-state index contributed by atoms with van der Waals surface area (Å²) < 4.78 is 5.86. The molecule has 0 saturated carbocycles. The summed E-state index contributed by atoms with van der Waals surface area (Å²) in [4.78, 5) is 12.4. The van der Waals surface area contributed by atoms with E-state index in [0.717, 1.165) is 6.42 Å². The molecule has 1 unspecified atom stereocenters. The largest absolute Gasteiger partial charge is 0.508 e. The molecule has 25 heavy (non-hydrogen) atoms. The highest BCUT2D eigenvalue weighted by Gasteiger charge is 2.20. The van der Waals surface area contributed by atoms with Crippen molar-refractivity contribution >= 4 is 11.6 Å². The molecule has 0 aliphatic rings. The number of hydrogen-bond acceptors (Lipinski definition) is 3. The van der Waals surface area contributed by atoms with Crippen LogP contribution < -0.4 is 10.1 Å². The van der Waals surface area contributed by atoms with Crippen LogP contribution in [0.2, 0.25) is 0 Å². The van der Waals surface area contributed by atoms with E-state index in [9.17, 15) is 9.90 Å². The van der Waals surface area contributed by atoms with Crippen LogP contribution in [0.15, 0.2) is 48.5 Å². The van der Waals surface area contributed by atoms with Crippen molar-refractivity contribution in [3.8, 4) is 11.5 Å². The van der Waals surface area contributed by atoms with E-state index in [1.807, 2.05) is 19.1 Å². The maximum atomic E-state index is 12.4. The monoisotopic (exact) mass is 341 g/mol. The molecule has 2 aromatic carbocycles. The van der Waals surface area contributed by atoms with Crippen molar-refractivity contribution in [2.75, 3.05) is 5.32 Å². The van der Waals surface area contributed by atoms with Crippen molar-refractivity contribution in [3.05, 3.63) is 54.1 Å². The quantitative estimate of drug-likeness (QED) is 0.706. The molecule has 1 atom stereocenters. The molecule has 134 valence electrons. The molecule has 0 fully saturated rings. The lowest BCUT2D eigenvalue weighted by atomic mass is 9.82. The fourth-order valence-corrected chi connectivity index (χ4v) is 2.44. The first-order chi connectivity index (χ1) is 11.9. The molecule has 0 heterocycles. The van der Waals surface area contributed by atoms with Gasteiger partial charge in [0, 0.05) is 5.69 Å². The van der Waals surface area contributed by atoms with Gasteiger partial charge in [0.05, 0.1) is 0 Å². The van der Waals surface area contributed by atoms with E-state index in [4.69, 9.17) is 4.74 Å². The third-order valence-electron chi connectivity index (χ3n) is 4.60. The highest BCUT2D eigenvalue weighted by Crippen LogP contribution is 2.28. The first kappa shape index (κ1) is 18.8. The van der Waals surface area contributed by atoms with Crippen LogP contribution in [0.5, 0.6) is 11.5 Å². The Morgan fingerprint density at radius 2 is 1.68 bits per heavy atom. The second kappa shape index (κ2) is 8.06. The Hall–Kier alpha value is -2.49. The minimum absolute atomic E-state index is 0.124. The first-order valence-corrected chi connectivity index (χ1v) is 8.72. The molecule has 0 aliphatic carbocycles. The maximum absolute atomic E-state index is 12.4. The number of aromatic hydroxyl groups is 1. The lowest BCUT2D eigenvalue weighted by Crippen LogP contribution is -2.32. The summed E-state index contributed by atoms with van der Waals surface area (Å²) in [6.07, 6.45) is 1.05. The van der Waals surface area contributed by atoms with Gasteiger partial charge in [0.15, 0.2) is 6.10 Å². The van der Waals surface area contributed by atoms with Crippen molar-refractivity contribution in [1.82, 2.24) is 0 Å². The number of benzene rings is 2. The summed E-state index contributed by atoms with van der Waals surface area (Å²) >= 11 is 0. The van der Waals surface area contributed by atoms with E-state index < -0.39 is 6.10 Å². The van der Waals surface area contributed by atoms with Crippen LogP contribution in [-0.4, -0.2) is 17.1 Å². The number of phenolic OH excluding ortho intramolecular Hbond substituents is 1. The van der Waals surface area contributed by atoms with Crippen LogP contribution >= 0.6 is 0 Å². The summed E-state index contributed by atoms with van der Waals surface area (Å²) in [7, 11) is 0. The Morgan fingerprint density at radius 3 is 2.20 bits per heavy atom. The van der Waals surface area contributed by atoms with E-state index in [1.165, 1.54) is 17.7 Å². The summed E-state index contributed by atoms with van der Waals surface area (Å²) in [6.45, 7) is 8.51. The van der Waals surface area contributed by atoms with Crippen LogP contribution in [0, 0.1) is 0 Å². The zero-order chi connectivity index (χ0) is 18.4. The third-order valence-corrected chi connectivity index (χ3v) is 4.60. The summed E-state index contributed by atoms with van der Waals surface area (Å²) in [5.74, 6) is 0.644. The average molecular weight is 341 g/mol. The Balaban J connectivity index is 2.03. The van der Waals surface area contributed by atoms with E-state index >= 15 is 0 Å². The lowest BCUT2D eigenvalue weighted by molar-refractivity contribution is -0.122. The summed E-state index contributed by atoms with van der Waals surface area (Å²) in [5.41, 5.74) is 2.01. The SMILES string of the molecule is CCC(Oc1ccc(C(C)(C)CC)cc1)C(=O)Nc1ccc(O)cc1. The van der Waals surface area contributed by atoms with Gasteiger partial charge in [0.25, 0.3) is 5.91 Å². The summed E-state index contributed by atoms with van der Waals surface area (Å²) in [5, 5.41) is 12.1. The zero-order valence-electron chi connectivity index (χ0n) is 15.4. The van der Waals surface area contributed by atoms with Gasteiger partial charge in [0.2, 0.25) is 0 Å². The molecule has 2 rings (SSSR count). The molecular formula is C21H27NO3. The molecule has 0 bridgehead atoms. The minimum atomic E-state index is -0.571. The third kappa shape index (κ3) is 4.99. The van der Waals surface area contributed by atoms with Crippen LogP contribution in [0.1, 0.15) is 46.1 Å². The normalized spacial score (nSPS) is 12.5. The van der Waals surface area contributed by atoms with Gasteiger partial charge in [-0.3, -0.25) is 4.79 Å². The molecule has 4 nitrogen and oxygen atoms in total. The van der Waals surface area contributed by atoms with Gasteiger partial charge in [-0.2, -0.15) is 0 Å². The van der Waals surface area contributed by atoms with Gasteiger partial charge >= 0.3 is 0 Å². The predicted molar refractivity (Wildman–Crippen MR) is 101 cm³/mol. The van der Waals surface area contributed by atoms with Crippen molar-refractivity contribution < 1.29 is 14.6 Å². The second-order valence-electron chi connectivity index (χ2n) is 6.81. The Bertz CT molecular complexity index is 690. The molecule has 4 heteroatoms. The lowest BCUT2D eigenvalue weighted by Gasteiger charge is -2.24. The van der Waals surface area contributed by atoms with Crippen LogP contribution in [-0.2, 0) is 10.2 Å².